The Balaban J connectivity index is 1.63. The summed E-state index contributed by atoms with van der Waals surface area (Å²) in [5.41, 5.74) is 2.29. The normalized spacial score (nSPS) is 19.6. The summed E-state index contributed by atoms with van der Waals surface area (Å²) in [7, 11) is 1.64. The van der Waals surface area contributed by atoms with Crippen LogP contribution in [-0.2, 0) is 22.6 Å². The lowest BCUT2D eigenvalue weighted by molar-refractivity contribution is -0.125. The molecule has 0 aromatic heterocycles. The molecule has 28 heavy (non-hydrogen) atoms. The van der Waals surface area contributed by atoms with Gasteiger partial charge in [0.1, 0.15) is 0 Å². The first-order valence-electron chi connectivity index (χ1n) is 9.69. The third kappa shape index (κ3) is 5.79. The van der Waals surface area contributed by atoms with Crippen molar-refractivity contribution in [1.82, 2.24) is 15.5 Å². The minimum absolute atomic E-state index is 0.0648. The predicted octanol–water partition coefficient (Wildman–Crippen LogP) is 2.84. The summed E-state index contributed by atoms with van der Waals surface area (Å²) in [5.74, 6) is 0.0648. The van der Waals surface area contributed by atoms with Crippen molar-refractivity contribution in [1.29, 1.82) is 0 Å². The second-order valence-corrected chi connectivity index (χ2v) is 7.53. The monoisotopic (exact) mass is 401 g/mol. The zero-order valence-corrected chi connectivity index (χ0v) is 17.0. The summed E-state index contributed by atoms with van der Waals surface area (Å²) in [5, 5.41) is 7.33. The molecule has 1 amide bonds. The number of likely N-dealkylation sites (tertiary alicyclic amines) is 1. The van der Waals surface area contributed by atoms with Crippen LogP contribution < -0.4 is 10.6 Å². The molecule has 2 aromatic rings. The fourth-order valence-corrected chi connectivity index (χ4v) is 3.81. The highest BCUT2D eigenvalue weighted by molar-refractivity contribution is 6.31. The van der Waals surface area contributed by atoms with Crippen LogP contribution in [-0.4, -0.2) is 49.7 Å². The average Bonchev–Trinajstić information content (AvgIpc) is 3.11. The van der Waals surface area contributed by atoms with Crippen molar-refractivity contribution >= 4 is 17.5 Å². The van der Waals surface area contributed by atoms with E-state index in [1.807, 2.05) is 42.5 Å². The fourth-order valence-electron chi connectivity index (χ4n) is 3.61. The maximum atomic E-state index is 12.7. The van der Waals surface area contributed by atoms with E-state index in [1.54, 1.807) is 7.11 Å². The van der Waals surface area contributed by atoms with Gasteiger partial charge in [0, 0.05) is 44.4 Å². The third-order valence-corrected chi connectivity index (χ3v) is 5.45. The number of halogens is 1. The molecule has 0 bridgehead atoms. The molecule has 1 heterocycles. The van der Waals surface area contributed by atoms with Crippen LogP contribution in [0.1, 0.15) is 17.5 Å². The zero-order chi connectivity index (χ0) is 19.8. The number of amides is 1. The topological polar surface area (TPSA) is 53.6 Å². The molecular weight excluding hydrogens is 374 g/mol. The molecule has 6 heteroatoms. The van der Waals surface area contributed by atoms with Gasteiger partial charge in [0.25, 0.3) is 0 Å². The third-order valence-electron chi connectivity index (χ3n) is 5.08. The number of carbonyl (C=O) groups excluding carboxylic acids is 1. The Morgan fingerprint density at radius 2 is 1.93 bits per heavy atom. The standard InChI is InChI=1S/C22H28ClN3O2/c1-28-12-11-24-22(27)21-13-19(25-14-18-9-5-6-10-20(18)23)16-26(21)15-17-7-3-2-4-8-17/h2-10,19,21,25H,11-16H2,1H3,(H,24,27)/t19-,21-/m0/s1. The van der Waals surface area contributed by atoms with Crippen LogP contribution in [0.2, 0.25) is 5.02 Å². The van der Waals surface area contributed by atoms with E-state index in [4.69, 9.17) is 16.3 Å². The second-order valence-electron chi connectivity index (χ2n) is 7.12. The summed E-state index contributed by atoms with van der Waals surface area (Å²) in [6, 6.07) is 18.2. The molecule has 2 atom stereocenters. The molecule has 5 nitrogen and oxygen atoms in total. The van der Waals surface area contributed by atoms with Crippen molar-refractivity contribution in [3.63, 3.8) is 0 Å². The van der Waals surface area contributed by atoms with E-state index in [2.05, 4.69) is 27.7 Å². The summed E-state index contributed by atoms with van der Waals surface area (Å²) in [6.45, 7) is 3.32. The lowest BCUT2D eigenvalue weighted by atomic mass is 10.1. The minimum Gasteiger partial charge on any atom is -0.383 e. The molecule has 0 aliphatic carbocycles. The molecule has 2 aromatic carbocycles. The number of benzene rings is 2. The summed E-state index contributed by atoms with van der Waals surface area (Å²) in [6.07, 6.45) is 0.774. The Labute approximate surface area is 172 Å². The average molecular weight is 402 g/mol. The van der Waals surface area contributed by atoms with Crippen molar-refractivity contribution in [3.8, 4) is 0 Å². The quantitative estimate of drug-likeness (QED) is 0.634. The van der Waals surface area contributed by atoms with Gasteiger partial charge in [-0.05, 0) is 23.6 Å². The smallest absolute Gasteiger partial charge is 0.237 e. The minimum atomic E-state index is -0.152. The number of nitrogens with zero attached hydrogens (tertiary/aromatic N) is 1. The van der Waals surface area contributed by atoms with Gasteiger partial charge in [0.05, 0.1) is 12.6 Å². The van der Waals surface area contributed by atoms with E-state index >= 15 is 0 Å². The molecule has 3 rings (SSSR count). The van der Waals surface area contributed by atoms with Gasteiger partial charge in [-0.1, -0.05) is 60.1 Å². The Morgan fingerprint density at radius 1 is 1.18 bits per heavy atom. The van der Waals surface area contributed by atoms with Crippen LogP contribution in [0, 0.1) is 0 Å². The second kappa shape index (κ2) is 10.6. The van der Waals surface area contributed by atoms with Crippen LogP contribution in [0.5, 0.6) is 0 Å². The molecule has 1 aliphatic rings. The molecule has 0 spiro atoms. The number of ether oxygens (including phenoxy) is 1. The van der Waals surface area contributed by atoms with Crippen LogP contribution in [0.25, 0.3) is 0 Å². The number of hydrogen-bond acceptors (Lipinski definition) is 4. The number of hydrogen-bond donors (Lipinski definition) is 2. The van der Waals surface area contributed by atoms with E-state index in [0.717, 1.165) is 30.1 Å². The van der Waals surface area contributed by atoms with Crippen LogP contribution in [0.15, 0.2) is 54.6 Å². The van der Waals surface area contributed by atoms with Gasteiger partial charge in [-0.3, -0.25) is 9.69 Å². The molecule has 0 unspecified atom stereocenters. The Hall–Kier alpha value is -1.92. The van der Waals surface area contributed by atoms with Gasteiger partial charge >= 0.3 is 0 Å². The highest BCUT2D eigenvalue weighted by Crippen LogP contribution is 2.22. The molecule has 1 fully saturated rings. The van der Waals surface area contributed by atoms with E-state index in [9.17, 15) is 4.79 Å². The maximum Gasteiger partial charge on any atom is 0.237 e. The molecule has 0 saturated carbocycles. The molecule has 0 radical (unpaired) electrons. The van der Waals surface area contributed by atoms with Gasteiger partial charge in [0.2, 0.25) is 5.91 Å². The van der Waals surface area contributed by atoms with Gasteiger partial charge in [-0.25, -0.2) is 0 Å². The van der Waals surface area contributed by atoms with Gasteiger partial charge < -0.3 is 15.4 Å². The molecule has 150 valence electrons. The first-order valence-corrected chi connectivity index (χ1v) is 10.1. The summed E-state index contributed by atoms with van der Waals surface area (Å²) in [4.78, 5) is 15.0. The van der Waals surface area contributed by atoms with Crippen molar-refractivity contribution < 1.29 is 9.53 Å². The molecule has 1 saturated heterocycles. The van der Waals surface area contributed by atoms with Crippen molar-refractivity contribution in [2.24, 2.45) is 0 Å². The van der Waals surface area contributed by atoms with E-state index in [0.29, 0.717) is 19.7 Å². The Bertz CT molecular complexity index is 756. The summed E-state index contributed by atoms with van der Waals surface area (Å²) >= 11 is 6.27. The van der Waals surface area contributed by atoms with E-state index < -0.39 is 0 Å². The highest BCUT2D eigenvalue weighted by Gasteiger charge is 2.36. The van der Waals surface area contributed by atoms with Crippen molar-refractivity contribution in [3.05, 3.63) is 70.7 Å². The van der Waals surface area contributed by atoms with Crippen molar-refractivity contribution in [2.45, 2.75) is 31.6 Å². The lowest BCUT2D eigenvalue weighted by Gasteiger charge is -2.23. The first kappa shape index (κ1) is 20.8. The van der Waals surface area contributed by atoms with Crippen LogP contribution in [0.4, 0.5) is 0 Å². The zero-order valence-electron chi connectivity index (χ0n) is 16.2. The van der Waals surface area contributed by atoms with Crippen LogP contribution >= 0.6 is 11.6 Å². The van der Waals surface area contributed by atoms with Gasteiger partial charge in [-0.15, -0.1) is 0 Å². The van der Waals surface area contributed by atoms with E-state index in [1.165, 1.54) is 5.56 Å². The van der Waals surface area contributed by atoms with Gasteiger partial charge in [-0.2, -0.15) is 0 Å². The molecular formula is C22H28ClN3O2. The van der Waals surface area contributed by atoms with Crippen LogP contribution in [0.3, 0.4) is 0 Å². The predicted molar refractivity (Wildman–Crippen MR) is 112 cm³/mol. The Morgan fingerprint density at radius 3 is 2.68 bits per heavy atom. The van der Waals surface area contributed by atoms with Crippen molar-refractivity contribution in [2.75, 3.05) is 26.8 Å². The Kier molecular flexibility index (Phi) is 7.86. The number of rotatable bonds is 9. The maximum absolute atomic E-state index is 12.7. The van der Waals surface area contributed by atoms with Gasteiger partial charge in [0.15, 0.2) is 0 Å². The largest absolute Gasteiger partial charge is 0.383 e. The number of carbonyl (C=O) groups is 1. The van der Waals surface area contributed by atoms with E-state index in [-0.39, 0.29) is 18.0 Å². The number of nitrogens with one attached hydrogen (secondary N) is 2. The fraction of sp³-hybridized carbons (Fsp3) is 0.409. The molecule has 1 aliphatic heterocycles. The highest BCUT2D eigenvalue weighted by atomic mass is 35.5. The SMILES string of the molecule is COCCNC(=O)[C@@H]1C[C@H](NCc2ccccc2Cl)CN1Cc1ccccc1. The lowest BCUT2D eigenvalue weighted by Crippen LogP contribution is -2.43. The number of methoxy groups -OCH3 is 1. The molecule has 2 N–H and O–H groups in total. The first-order chi connectivity index (χ1) is 13.7. The summed E-state index contributed by atoms with van der Waals surface area (Å²) < 4.78 is 5.04.